The van der Waals surface area contributed by atoms with E-state index < -0.39 is 17.0 Å². The Morgan fingerprint density at radius 3 is 2.46 bits per heavy atom. The molecule has 0 aromatic carbocycles. The molecule has 1 aromatic heterocycles. The minimum atomic E-state index is -0.733. The fourth-order valence-corrected chi connectivity index (χ4v) is 3.29. The van der Waals surface area contributed by atoms with Gasteiger partial charge in [0.2, 0.25) is 0 Å². The molecule has 2 fully saturated rings. The Hall–Kier alpha value is -1.97. The van der Waals surface area contributed by atoms with Crippen molar-refractivity contribution < 1.29 is 14.3 Å². The molecule has 0 bridgehead atoms. The molecule has 3 N–H and O–H groups in total. The van der Waals surface area contributed by atoms with E-state index in [0.717, 1.165) is 0 Å². The molecule has 24 heavy (non-hydrogen) atoms. The molecule has 2 saturated heterocycles. The molecule has 1 spiro atoms. The van der Waals surface area contributed by atoms with Crippen molar-refractivity contribution in [2.45, 2.75) is 32.1 Å². The maximum atomic E-state index is 12.5. The molecule has 0 aliphatic carbocycles. The number of aromatic nitrogens is 2. The molecule has 3 rings (SSSR count). The number of likely N-dealkylation sites (tertiary alicyclic amines) is 1. The summed E-state index contributed by atoms with van der Waals surface area (Å²) in [6, 6.07) is 0. The maximum Gasteiger partial charge on any atom is 0.329 e. The number of Topliss-reactive ketones (excluding diaryl/α,β-unsaturated/α-hetero) is 1. The molecule has 2 aliphatic heterocycles. The third-order valence-corrected chi connectivity index (χ3v) is 4.63. The van der Waals surface area contributed by atoms with Gasteiger partial charge in [-0.05, 0) is 6.92 Å². The number of hydrogen-bond donors (Lipinski definition) is 2. The fourth-order valence-electron chi connectivity index (χ4n) is 3.29. The topological polar surface area (TPSA) is 120 Å². The lowest BCUT2D eigenvalue weighted by Gasteiger charge is -2.37. The first kappa shape index (κ1) is 16.9. The van der Waals surface area contributed by atoms with Crippen molar-refractivity contribution in [2.24, 2.45) is 0 Å². The number of carbonyl (C=O) groups is 1. The molecular formula is C15H22N4O5. The Bertz CT molecular complexity index is 737. The van der Waals surface area contributed by atoms with Crippen molar-refractivity contribution in [1.29, 1.82) is 0 Å². The van der Waals surface area contributed by atoms with E-state index in [2.05, 4.69) is 4.98 Å². The molecule has 0 amide bonds. The summed E-state index contributed by atoms with van der Waals surface area (Å²) in [5.41, 5.74) is 4.37. The number of rotatable bonds is 4. The van der Waals surface area contributed by atoms with Crippen molar-refractivity contribution in [3.05, 3.63) is 26.4 Å². The highest BCUT2D eigenvalue weighted by atomic mass is 16.7. The summed E-state index contributed by atoms with van der Waals surface area (Å²) in [6.45, 7) is 4.55. The van der Waals surface area contributed by atoms with E-state index in [1.165, 1.54) is 4.57 Å². The van der Waals surface area contributed by atoms with Gasteiger partial charge in [-0.25, -0.2) is 4.79 Å². The Labute approximate surface area is 138 Å². The Kier molecular flexibility index (Phi) is 4.57. The van der Waals surface area contributed by atoms with Crippen LogP contribution in [0.4, 0.5) is 5.82 Å². The standard InChI is InChI=1S/C15H22N4O5/c1-2-19-12(16)11(13(21)17-14(19)22)10(20)9-18-5-3-15(4-6-18)23-7-8-24-15/h2-9,16H2,1H3,(H,17,21,22). The van der Waals surface area contributed by atoms with Crippen molar-refractivity contribution in [3.63, 3.8) is 0 Å². The predicted molar refractivity (Wildman–Crippen MR) is 86.0 cm³/mol. The van der Waals surface area contributed by atoms with Gasteiger partial charge in [-0.1, -0.05) is 0 Å². The Morgan fingerprint density at radius 1 is 1.25 bits per heavy atom. The number of aromatic amines is 1. The molecule has 0 radical (unpaired) electrons. The number of nitrogens with one attached hydrogen (secondary N) is 1. The van der Waals surface area contributed by atoms with Gasteiger partial charge in [0.15, 0.2) is 11.6 Å². The van der Waals surface area contributed by atoms with Crippen molar-refractivity contribution in [2.75, 3.05) is 38.6 Å². The second-order valence-corrected chi connectivity index (χ2v) is 6.07. The third-order valence-electron chi connectivity index (χ3n) is 4.63. The molecule has 9 heteroatoms. The van der Waals surface area contributed by atoms with Crippen LogP contribution in [0.2, 0.25) is 0 Å². The summed E-state index contributed by atoms with van der Waals surface area (Å²) in [5, 5.41) is 0. The van der Waals surface area contributed by atoms with Crippen LogP contribution in [0.3, 0.4) is 0 Å². The summed E-state index contributed by atoms with van der Waals surface area (Å²) >= 11 is 0. The SMILES string of the molecule is CCn1c(N)c(C(=O)CN2CCC3(CC2)OCCO3)c(=O)[nH]c1=O. The number of ketones is 1. The Balaban J connectivity index is 1.72. The normalized spacial score (nSPS) is 20.5. The van der Waals surface area contributed by atoms with E-state index in [4.69, 9.17) is 15.2 Å². The monoisotopic (exact) mass is 338 g/mol. The summed E-state index contributed by atoms with van der Waals surface area (Å²) < 4.78 is 12.5. The molecule has 1 aromatic rings. The van der Waals surface area contributed by atoms with E-state index in [0.29, 0.717) is 39.1 Å². The van der Waals surface area contributed by atoms with Gasteiger partial charge in [0.25, 0.3) is 5.56 Å². The van der Waals surface area contributed by atoms with E-state index in [1.54, 1.807) is 6.92 Å². The van der Waals surface area contributed by atoms with E-state index in [1.807, 2.05) is 4.90 Å². The molecule has 2 aliphatic rings. The summed E-state index contributed by atoms with van der Waals surface area (Å²) in [6.07, 6.45) is 1.36. The lowest BCUT2D eigenvalue weighted by Crippen LogP contribution is -2.47. The van der Waals surface area contributed by atoms with Gasteiger partial charge in [-0.2, -0.15) is 0 Å². The van der Waals surface area contributed by atoms with Crippen molar-refractivity contribution in [1.82, 2.24) is 14.5 Å². The summed E-state index contributed by atoms with van der Waals surface area (Å²) in [5.74, 6) is -0.974. The third kappa shape index (κ3) is 3.02. The molecule has 132 valence electrons. The van der Waals surface area contributed by atoms with Gasteiger partial charge in [0.05, 0.1) is 19.8 Å². The van der Waals surface area contributed by atoms with Gasteiger partial charge in [0, 0.05) is 32.5 Å². The van der Waals surface area contributed by atoms with Crippen LogP contribution in [-0.4, -0.2) is 58.9 Å². The highest BCUT2D eigenvalue weighted by Crippen LogP contribution is 2.31. The van der Waals surface area contributed by atoms with Crippen LogP contribution < -0.4 is 17.0 Å². The first-order valence-corrected chi connectivity index (χ1v) is 8.12. The highest BCUT2D eigenvalue weighted by molar-refractivity contribution is 6.01. The number of anilines is 1. The molecule has 9 nitrogen and oxygen atoms in total. The van der Waals surface area contributed by atoms with E-state index in [9.17, 15) is 14.4 Å². The molecule has 0 saturated carbocycles. The Morgan fingerprint density at radius 2 is 1.88 bits per heavy atom. The number of ether oxygens (including phenoxy) is 2. The number of piperidine rings is 1. The number of nitrogens with zero attached hydrogens (tertiary/aromatic N) is 2. The number of hydrogen-bond acceptors (Lipinski definition) is 7. The second kappa shape index (κ2) is 6.50. The number of nitrogens with two attached hydrogens (primary N) is 1. The van der Waals surface area contributed by atoms with Crippen LogP contribution in [0.25, 0.3) is 0 Å². The van der Waals surface area contributed by atoms with Gasteiger partial charge in [-0.15, -0.1) is 0 Å². The maximum absolute atomic E-state index is 12.5. The summed E-state index contributed by atoms with van der Waals surface area (Å²) in [4.78, 5) is 40.3. The molecule has 0 atom stereocenters. The quantitative estimate of drug-likeness (QED) is 0.687. The largest absolute Gasteiger partial charge is 0.384 e. The molecular weight excluding hydrogens is 316 g/mol. The van der Waals surface area contributed by atoms with Gasteiger partial charge in [0.1, 0.15) is 11.4 Å². The number of H-pyrrole nitrogens is 1. The van der Waals surface area contributed by atoms with Crippen molar-refractivity contribution in [3.8, 4) is 0 Å². The van der Waals surface area contributed by atoms with E-state index in [-0.39, 0.29) is 30.3 Å². The second-order valence-electron chi connectivity index (χ2n) is 6.07. The zero-order chi connectivity index (χ0) is 17.3. The van der Waals surface area contributed by atoms with Crippen LogP contribution in [0, 0.1) is 0 Å². The van der Waals surface area contributed by atoms with E-state index >= 15 is 0 Å². The highest BCUT2D eigenvalue weighted by Gasteiger charge is 2.40. The molecule has 3 heterocycles. The lowest BCUT2D eigenvalue weighted by molar-refractivity contribution is -0.184. The van der Waals surface area contributed by atoms with Crippen LogP contribution >= 0.6 is 0 Å². The van der Waals surface area contributed by atoms with Crippen LogP contribution in [0.15, 0.2) is 9.59 Å². The number of nitrogen functional groups attached to an aromatic ring is 1. The smallest absolute Gasteiger partial charge is 0.329 e. The first-order valence-electron chi connectivity index (χ1n) is 8.12. The summed E-state index contributed by atoms with van der Waals surface area (Å²) in [7, 11) is 0. The van der Waals surface area contributed by atoms with Gasteiger partial charge < -0.3 is 15.2 Å². The van der Waals surface area contributed by atoms with Crippen LogP contribution in [0.5, 0.6) is 0 Å². The molecule has 0 unspecified atom stereocenters. The van der Waals surface area contributed by atoms with Crippen molar-refractivity contribution >= 4 is 11.6 Å². The average molecular weight is 338 g/mol. The fraction of sp³-hybridized carbons (Fsp3) is 0.667. The number of carbonyl (C=O) groups excluding carboxylic acids is 1. The van der Waals surface area contributed by atoms with Crippen LogP contribution in [-0.2, 0) is 16.0 Å². The van der Waals surface area contributed by atoms with Gasteiger partial charge in [-0.3, -0.25) is 24.0 Å². The predicted octanol–water partition coefficient (Wildman–Crippen LogP) is -0.840. The zero-order valence-electron chi connectivity index (χ0n) is 13.7. The minimum Gasteiger partial charge on any atom is -0.384 e. The zero-order valence-corrected chi connectivity index (χ0v) is 13.7. The van der Waals surface area contributed by atoms with Gasteiger partial charge >= 0.3 is 5.69 Å². The minimum absolute atomic E-state index is 0.0747. The van der Waals surface area contributed by atoms with Crippen LogP contribution in [0.1, 0.15) is 30.1 Å². The average Bonchev–Trinajstić information content (AvgIpc) is 2.98. The first-order chi connectivity index (χ1) is 11.5. The lowest BCUT2D eigenvalue weighted by atomic mass is 10.0.